The first kappa shape index (κ1) is 14.1. The molecule has 0 spiro atoms. The Morgan fingerprint density at radius 3 is 2.86 bits per heavy atom. The van der Waals surface area contributed by atoms with Gasteiger partial charge in [-0.05, 0) is 50.0 Å². The Balaban J connectivity index is 1.62. The molecule has 3 rings (SSSR count). The quantitative estimate of drug-likeness (QED) is 0.848. The Morgan fingerprint density at radius 2 is 2.05 bits per heavy atom. The molecule has 0 saturated carbocycles. The molecule has 0 bridgehead atoms. The minimum absolute atomic E-state index is 0.808. The van der Waals surface area contributed by atoms with Crippen molar-refractivity contribution in [2.45, 2.75) is 19.8 Å². The Bertz CT molecular complexity index is 603. The maximum absolute atomic E-state index is 6.02. The van der Waals surface area contributed by atoms with Gasteiger partial charge in [0.1, 0.15) is 0 Å². The second kappa shape index (κ2) is 6.31. The molecule has 1 aromatic heterocycles. The van der Waals surface area contributed by atoms with Crippen molar-refractivity contribution in [3.05, 3.63) is 30.6 Å². The molecule has 0 radical (unpaired) electrons. The summed E-state index contributed by atoms with van der Waals surface area (Å²) in [6.45, 7) is 6.87. The molecule has 3 N–H and O–H groups in total. The summed E-state index contributed by atoms with van der Waals surface area (Å²) < 4.78 is 0. The molecular formula is C17H24N4. The first-order chi connectivity index (χ1) is 10.2. The summed E-state index contributed by atoms with van der Waals surface area (Å²) >= 11 is 0. The van der Waals surface area contributed by atoms with Crippen LogP contribution in [0.2, 0.25) is 0 Å². The molecule has 0 atom stereocenters. The van der Waals surface area contributed by atoms with E-state index < -0.39 is 0 Å². The number of fused-ring (bicyclic) bond motifs is 1. The molecule has 0 amide bonds. The second-order valence-corrected chi connectivity index (χ2v) is 6.07. The number of aromatic nitrogens is 1. The number of rotatable bonds is 4. The first-order valence-electron chi connectivity index (χ1n) is 7.82. The molecule has 2 aromatic rings. The van der Waals surface area contributed by atoms with Crippen LogP contribution in [0.15, 0.2) is 30.6 Å². The van der Waals surface area contributed by atoms with Gasteiger partial charge in [0.05, 0.1) is 0 Å². The highest BCUT2D eigenvalue weighted by atomic mass is 15.1. The van der Waals surface area contributed by atoms with Crippen molar-refractivity contribution in [1.82, 2.24) is 9.88 Å². The van der Waals surface area contributed by atoms with Crippen LogP contribution in [0.4, 0.5) is 11.4 Å². The number of piperidine rings is 1. The first-order valence-corrected chi connectivity index (χ1v) is 7.82. The summed E-state index contributed by atoms with van der Waals surface area (Å²) in [4.78, 5) is 6.76. The molecule has 0 aliphatic carbocycles. The largest absolute Gasteiger partial charge is 0.398 e. The minimum Gasteiger partial charge on any atom is -0.398 e. The fraction of sp³-hybridized carbons (Fsp3) is 0.471. The number of nitrogens with one attached hydrogen (secondary N) is 1. The fourth-order valence-corrected chi connectivity index (χ4v) is 3.00. The van der Waals surface area contributed by atoms with Gasteiger partial charge in [0.25, 0.3) is 0 Å². The summed E-state index contributed by atoms with van der Waals surface area (Å²) in [5.74, 6) is 0.890. The van der Waals surface area contributed by atoms with Crippen LogP contribution in [0, 0.1) is 5.92 Å². The van der Waals surface area contributed by atoms with Crippen molar-refractivity contribution in [2.24, 2.45) is 5.92 Å². The zero-order valence-electron chi connectivity index (χ0n) is 12.7. The summed E-state index contributed by atoms with van der Waals surface area (Å²) in [6, 6.07) is 5.99. The third-order valence-corrected chi connectivity index (χ3v) is 4.47. The maximum atomic E-state index is 6.02. The number of anilines is 2. The van der Waals surface area contributed by atoms with Crippen LogP contribution in [0.25, 0.3) is 10.8 Å². The lowest BCUT2D eigenvalue weighted by atomic mass is 9.99. The zero-order valence-corrected chi connectivity index (χ0v) is 12.7. The fourth-order valence-electron chi connectivity index (χ4n) is 3.00. The average molecular weight is 284 g/mol. The molecule has 1 fully saturated rings. The van der Waals surface area contributed by atoms with Crippen molar-refractivity contribution in [3.63, 3.8) is 0 Å². The van der Waals surface area contributed by atoms with Crippen LogP contribution in [0.3, 0.4) is 0 Å². The van der Waals surface area contributed by atoms with Crippen molar-refractivity contribution < 1.29 is 0 Å². The number of nitrogens with two attached hydrogens (primary N) is 1. The summed E-state index contributed by atoms with van der Waals surface area (Å²) in [5, 5.41) is 5.71. The van der Waals surface area contributed by atoms with E-state index in [2.05, 4.69) is 28.2 Å². The average Bonchev–Trinajstić information content (AvgIpc) is 2.52. The van der Waals surface area contributed by atoms with Crippen LogP contribution in [0.5, 0.6) is 0 Å². The minimum atomic E-state index is 0.808. The Kier molecular flexibility index (Phi) is 4.25. The lowest BCUT2D eigenvalue weighted by molar-refractivity contribution is 0.199. The standard InChI is InChI=1S/C17H24N4/c1-13-5-9-21(10-6-13)11-8-20-17-3-2-16(18)14-4-7-19-12-15(14)17/h2-4,7,12-13,20H,5-6,8-11,18H2,1H3. The van der Waals surface area contributed by atoms with Crippen LogP contribution in [-0.2, 0) is 0 Å². The molecule has 4 heteroatoms. The van der Waals surface area contributed by atoms with E-state index in [-0.39, 0.29) is 0 Å². The monoisotopic (exact) mass is 284 g/mol. The normalized spacial score (nSPS) is 17.2. The molecule has 1 aromatic carbocycles. The topological polar surface area (TPSA) is 54.2 Å². The highest BCUT2D eigenvalue weighted by Gasteiger charge is 2.14. The van der Waals surface area contributed by atoms with E-state index in [1.807, 2.05) is 18.3 Å². The molecule has 1 aliphatic heterocycles. The highest BCUT2D eigenvalue weighted by Crippen LogP contribution is 2.27. The number of hydrogen-bond acceptors (Lipinski definition) is 4. The van der Waals surface area contributed by atoms with Gasteiger partial charge in [-0.25, -0.2) is 0 Å². The van der Waals surface area contributed by atoms with E-state index in [0.29, 0.717) is 0 Å². The number of benzene rings is 1. The number of pyridine rings is 1. The molecule has 2 heterocycles. The van der Waals surface area contributed by atoms with Gasteiger partial charge in [0.2, 0.25) is 0 Å². The Labute approximate surface area is 126 Å². The van der Waals surface area contributed by atoms with Gasteiger partial charge in [0, 0.05) is 47.6 Å². The van der Waals surface area contributed by atoms with Gasteiger partial charge in [-0.1, -0.05) is 6.92 Å². The molecule has 1 aliphatic rings. The van der Waals surface area contributed by atoms with Crippen molar-refractivity contribution in [2.75, 3.05) is 37.2 Å². The smallest absolute Gasteiger partial charge is 0.0437 e. The molecule has 1 saturated heterocycles. The number of nitrogens with zero attached hydrogens (tertiary/aromatic N) is 2. The number of nitrogen functional groups attached to an aromatic ring is 1. The van der Waals surface area contributed by atoms with E-state index in [0.717, 1.165) is 41.2 Å². The SMILES string of the molecule is CC1CCN(CCNc2ccc(N)c3ccncc23)CC1. The lowest BCUT2D eigenvalue weighted by Gasteiger charge is -2.30. The van der Waals surface area contributed by atoms with Gasteiger partial charge in [-0.15, -0.1) is 0 Å². The van der Waals surface area contributed by atoms with Crippen LogP contribution in [0.1, 0.15) is 19.8 Å². The summed E-state index contributed by atoms with van der Waals surface area (Å²) in [7, 11) is 0. The molecule has 0 unspecified atom stereocenters. The lowest BCUT2D eigenvalue weighted by Crippen LogP contribution is -2.36. The van der Waals surface area contributed by atoms with Gasteiger partial charge in [0.15, 0.2) is 0 Å². The van der Waals surface area contributed by atoms with Crippen LogP contribution < -0.4 is 11.1 Å². The Morgan fingerprint density at radius 1 is 1.24 bits per heavy atom. The maximum Gasteiger partial charge on any atom is 0.0437 e. The second-order valence-electron chi connectivity index (χ2n) is 6.07. The molecule has 21 heavy (non-hydrogen) atoms. The predicted octanol–water partition coefficient (Wildman–Crippen LogP) is 2.96. The van der Waals surface area contributed by atoms with Crippen molar-refractivity contribution >= 4 is 22.1 Å². The Hall–Kier alpha value is -1.81. The van der Waals surface area contributed by atoms with E-state index in [1.165, 1.54) is 25.9 Å². The van der Waals surface area contributed by atoms with Gasteiger partial charge in [-0.2, -0.15) is 0 Å². The van der Waals surface area contributed by atoms with Gasteiger partial charge < -0.3 is 16.0 Å². The third kappa shape index (κ3) is 3.27. The predicted molar refractivity (Wildman–Crippen MR) is 89.5 cm³/mol. The molecule has 4 nitrogen and oxygen atoms in total. The number of hydrogen-bond donors (Lipinski definition) is 2. The number of likely N-dealkylation sites (tertiary alicyclic amines) is 1. The summed E-state index contributed by atoms with van der Waals surface area (Å²) in [6.07, 6.45) is 6.33. The van der Waals surface area contributed by atoms with Crippen molar-refractivity contribution in [1.29, 1.82) is 0 Å². The van der Waals surface area contributed by atoms with E-state index in [9.17, 15) is 0 Å². The van der Waals surface area contributed by atoms with E-state index >= 15 is 0 Å². The van der Waals surface area contributed by atoms with Crippen LogP contribution in [-0.4, -0.2) is 36.1 Å². The highest BCUT2D eigenvalue weighted by molar-refractivity contribution is 6.00. The van der Waals surface area contributed by atoms with E-state index in [4.69, 9.17) is 5.73 Å². The zero-order chi connectivity index (χ0) is 14.7. The molecular weight excluding hydrogens is 260 g/mol. The van der Waals surface area contributed by atoms with Crippen molar-refractivity contribution in [3.8, 4) is 0 Å². The third-order valence-electron chi connectivity index (χ3n) is 4.47. The van der Waals surface area contributed by atoms with Gasteiger partial charge >= 0.3 is 0 Å². The van der Waals surface area contributed by atoms with Gasteiger partial charge in [-0.3, -0.25) is 4.98 Å². The van der Waals surface area contributed by atoms with E-state index in [1.54, 1.807) is 6.20 Å². The van der Waals surface area contributed by atoms with Crippen LogP contribution >= 0.6 is 0 Å². The summed E-state index contributed by atoms with van der Waals surface area (Å²) in [5.41, 5.74) is 7.95. The molecule has 112 valence electrons.